The Hall–Kier alpha value is -3.02. The molecule has 2 heterocycles. The van der Waals surface area contributed by atoms with Gasteiger partial charge in [-0.15, -0.1) is 0 Å². The van der Waals surface area contributed by atoms with Crippen LogP contribution in [0, 0.1) is 5.92 Å². The molecule has 4 rings (SSSR count). The van der Waals surface area contributed by atoms with Gasteiger partial charge in [0.05, 0.1) is 0 Å². The zero-order valence-electron chi connectivity index (χ0n) is 13.6. The van der Waals surface area contributed by atoms with E-state index in [-0.39, 0.29) is 11.8 Å². The number of amides is 2. The fourth-order valence-electron chi connectivity index (χ4n) is 3.14. The van der Waals surface area contributed by atoms with E-state index < -0.39 is 5.92 Å². The Balaban J connectivity index is 1.46. The molecule has 2 aromatic carbocycles. The second-order valence-electron chi connectivity index (χ2n) is 6.01. The highest BCUT2D eigenvalue weighted by molar-refractivity contribution is 6.13. The van der Waals surface area contributed by atoms with Gasteiger partial charge in [0.25, 0.3) is 0 Å². The molecule has 0 spiro atoms. The lowest BCUT2D eigenvalue weighted by Gasteiger charge is -2.19. The molecule has 1 fully saturated rings. The summed E-state index contributed by atoms with van der Waals surface area (Å²) in [7, 11) is 0. The number of nitrogens with zero attached hydrogens (tertiary/aromatic N) is 1. The molecule has 25 heavy (non-hydrogen) atoms. The molecular formula is C19H18N2O4. The molecular weight excluding hydrogens is 320 g/mol. The van der Waals surface area contributed by atoms with Crippen molar-refractivity contribution in [3.8, 4) is 11.5 Å². The molecule has 1 atom stereocenters. The highest BCUT2D eigenvalue weighted by Gasteiger charge is 2.37. The van der Waals surface area contributed by atoms with Gasteiger partial charge in [-0.2, -0.15) is 0 Å². The zero-order chi connectivity index (χ0) is 17.2. The fourth-order valence-corrected chi connectivity index (χ4v) is 3.14. The summed E-state index contributed by atoms with van der Waals surface area (Å²) < 4.78 is 11.0. The van der Waals surface area contributed by atoms with Crippen molar-refractivity contribution in [2.24, 2.45) is 5.92 Å². The summed E-state index contributed by atoms with van der Waals surface area (Å²) in [6.07, 6.45) is 0.504. The van der Waals surface area contributed by atoms with E-state index >= 15 is 0 Å². The van der Waals surface area contributed by atoms with Crippen molar-refractivity contribution in [2.45, 2.75) is 6.42 Å². The molecule has 6 heteroatoms. The van der Waals surface area contributed by atoms with E-state index in [1.165, 1.54) is 0 Å². The lowest BCUT2D eigenvalue weighted by molar-refractivity contribution is -0.129. The number of benzene rings is 2. The van der Waals surface area contributed by atoms with Crippen molar-refractivity contribution in [3.05, 3.63) is 48.5 Å². The van der Waals surface area contributed by atoms with Crippen LogP contribution in [0.5, 0.6) is 11.5 Å². The van der Waals surface area contributed by atoms with E-state index in [0.717, 1.165) is 5.69 Å². The zero-order valence-corrected chi connectivity index (χ0v) is 13.6. The van der Waals surface area contributed by atoms with Crippen LogP contribution in [0.4, 0.5) is 11.4 Å². The first-order chi connectivity index (χ1) is 12.2. The molecule has 2 aromatic rings. The minimum atomic E-state index is -0.673. The number of anilines is 2. The van der Waals surface area contributed by atoms with Crippen molar-refractivity contribution in [2.75, 3.05) is 30.0 Å². The highest BCUT2D eigenvalue weighted by Crippen LogP contribution is 2.33. The van der Waals surface area contributed by atoms with Gasteiger partial charge in [0.2, 0.25) is 11.8 Å². The van der Waals surface area contributed by atoms with Gasteiger partial charge >= 0.3 is 0 Å². The normalized spacial score (nSPS) is 19.0. The van der Waals surface area contributed by atoms with Crippen molar-refractivity contribution >= 4 is 23.2 Å². The third-order valence-corrected chi connectivity index (χ3v) is 4.40. The lowest BCUT2D eigenvalue weighted by atomic mass is 10.1. The molecule has 0 bridgehead atoms. The Bertz CT molecular complexity index is 806. The Labute approximate surface area is 145 Å². The van der Waals surface area contributed by atoms with Crippen molar-refractivity contribution in [1.29, 1.82) is 0 Å². The molecule has 0 aromatic heterocycles. The van der Waals surface area contributed by atoms with Crippen LogP contribution >= 0.6 is 0 Å². The number of nitrogens with one attached hydrogen (secondary N) is 1. The van der Waals surface area contributed by atoms with Gasteiger partial charge in [-0.25, -0.2) is 0 Å². The fraction of sp³-hybridized carbons (Fsp3) is 0.263. The Kier molecular flexibility index (Phi) is 4.01. The standard InChI is InChI=1S/C19H18N2O4/c22-18(20-13-6-7-16-17(12-13)25-11-10-24-16)15-8-9-21(19(15)23)14-4-2-1-3-5-14/h1-7,12,15H,8-11H2,(H,20,22). The monoisotopic (exact) mass is 338 g/mol. The molecule has 0 aliphatic carbocycles. The molecule has 2 amide bonds. The van der Waals surface area contributed by atoms with E-state index in [9.17, 15) is 9.59 Å². The van der Waals surface area contributed by atoms with Crippen LogP contribution in [-0.4, -0.2) is 31.6 Å². The SMILES string of the molecule is O=C(Nc1ccc2c(c1)OCCO2)C1CCN(c2ccccc2)C1=O. The summed E-state index contributed by atoms with van der Waals surface area (Å²) >= 11 is 0. The van der Waals surface area contributed by atoms with E-state index in [2.05, 4.69) is 5.32 Å². The molecule has 1 N–H and O–H groups in total. The van der Waals surface area contributed by atoms with Crippen LogP contribution in [0.3, 0.4) is 0 Å². The smallest absolute Gasteiger partial charge is 0.239 e. The Morgan fingerprint density at radius 3 is 2.60 bits per heavy atom. The molecule has 2 aliphatic rings. The largest absolute Gasteiger partial charge is 0.486 e. The van der Waals surface area contributed by atoms with Crippen molar-refractivity contribution < 1.29 is 19.1 Å². The van der Waals surface area contributed by atoms with Crippen LogP contribution in [-0.2, 0) is 9.59 Å². The van der Waals surface area contributed by atoms with E-state index in [4.69, 9.17) is 9.47 Å². The summed E-state index contributed by atoms with van der Waals surface area (Å²) in [6.45, 7) is 1.55. The second-order valence-corrected chi connectivity index (χ2v) is 6.01. The van der Waals surface area contributed by atoms with E-state index in [0.29, 0.717) is 43.4 Å². The van der Waals surface area contributed by atoms with Gasteiger partial charge in [-0.3, -0.25) is 9.59 Å². The van der Waals surface area contributed by atoms with Crippen LogP contribution in [0.1, 0.15) is 6.42 Å². The van der Waals surface area contributed by atoms with E-state index in [1.807, 2.05) is 30.3 Å². The minimum Gasteiger partial charge on any atom is -0.486 e. The maximum atomic E-state index is 12.6. The summed E-state index contributed by atoms with van der Waals surface area (Å²) in [4.78, 5) is 26.8. The highest BCUT2D eigenvalue weighted by atomic mass is 16.6. The Morgan fingerprint density at radius 1 is 1.04 bits per heavy atom. The lowest BCUT2D eigenvalue weighted by Crippen LogP contribution is -2.33. The number of hydrogen-bond donors (Lipinski definition) is 1. The van der Waals surface area contributed by atoms with Crippen molar-refractivity contribution in [1.82, 2.24) is 0 Å². The first-order valence-electron chi connectivity index (χ1n) is 8.29. The number of rotatable bonds is 3. The van der Waals surface area contributed by atoms with Gasteiger partial charge in [0.15, 0.2) is 11.5 Å². The second kappa shape index (κ2) is 6.47. The van der Waals surface area contributed by atoms with Crippen LogP contribution in [0.25, 0.3) is 0 Å². The average Bonchev–Trinajstić information content (AvgIpc) is 3.04. The number of hydrogen-bond acceptors (Lipinski definition) is 4. The number of fused-ring (bicyclic) bond motifs is 1. The predicted octanol–water partition coefficient (Wildman–Crippen LogP) is 2.45. The number of ether oxygens (including phenoxy) is 2. The topological polar surface area (TPSA) is 67.9 Å². The van der Waals surface area contributed by atoms with E-state index in [1.54, 1.807) is 23.1 Å². The molecule has 0 saturated carbocycles. The summed E-state index contributed by atoms with van der Waals surface area (Å²) in [6, 6.07) is 14.6. The maximum absolute atomic E-state index is 12.6. The summed E-state index contributed by atoms with van der Waals surface area (Å²) in [5.41, 5.74) is 1.42. The maximum Gasteiger partial charge on any atom is 0.239 e. The molecule has 0 radical (unpaired) electrons. The number of carbonyl (C=O) groups excluding carboxylic acids is 2. The molecule has 1 saturated heterocycles. The van der Waals surface area contributed by atoms with Crippen LogP contribution < -0.4 is 19.7 Å². The third-order valence-electron chi connectivity index (χ3n) is 4.40. The third kappa shape index (κ3) is 3.03. The molecule has 6 nitrogen and oxygen atoms in total. The first-order valence-corrected chi connectivity index (χ1v) is 8.29. The van der Waals surface area contributed by atoms with Gasteiger partial charge in [0.1, 0.15) is 19.1 Å². The van der Waals surface area contributed by atoms with Crippen LogP contribution in [0.15, 0.2) is 48.5 Å². The van der Waals surface area contributed by atoms with Gasteiger partial charge in [-0.05, 0) is 30.7 Å². The average molecular weight is 338 g/mol. The van der Waals surface area contributed by atoms with Crippen LogP contribution in [0.2, 0.25) is 0 Å². The number of para-hydroxylation sites is 1. The quantitative estimate of drug-likeness (QED) is 0.873. The van der Waals surface area contributed by atoms with Gasteiger partial charge in [0, 0.05) is 24.0 Å². The molecule has 2 aliphatic heterocycles. The first kappa shape index (κ1) is 15.5. The number of carbonyl (C=O) groups is 2. The summed E-state index contributed by atoms with van der Waals surface area (Å²) in [5.74, 6) is 0.138. The molecule has 128 valence electrons. The predicted molar refractivity (Wildman–Crippen MR) is 93.0 cm³/mol. The summed E-state index contributed by atoms with van der Waals surface area (Å²) in [5, 5.41) is 2.81. The minimum absolute atomic E-state index is 0.166. The van der Waals surface area contributed by atoms with Crippen molar-refractivity contribution in [3.63, 3.8) is 0 Å². The van der Waals surface area contributed by atoms with Gasteiger partial charge < -0.3 is 19.7 Å². The Morgan fingerprint density at radius 2 is 1.80 bits per heavy atom. The van der Waals surface area contributed by atoms with Gasteiger partial charge in [-0.1, -0.05) is 18.2 Å². The molecule has 1 unspecified atom stereocenters.